The Morgan fingerprint density at radius 3 is 2.54 bits per heavy atom. The molecule has 0 fully saturated rings. The molecule has 1 heterocycles. The molecule has 2 N–H and O–H groups in total. The van der Waals surface area contributed by atoms with Crippen molar-refractivity contribution in [1.29, 1.82) is 0 Å². The Balaban J connectivity index is 2.03. The number of aromatic hydroxyl groups is 1. The third kappa shape index (κ3) is 3.88. The van der Waals surface area contributed by atoms with Gasteiger partial charge in [0, 0.05) is 11.8 Å². The number of halogens is 1. The molecule has 0 spiro atoms. The van der Waals surface area contributed by atoms with Gasteiger partial charge in [-0.15, -0.1) is 0 Å². The molecule has 0 unspecified atom stereocenters. The number of nitrogens with one attached hydrogen (secondary N) is 1. The number of carbonyl (C=O) groups excluding carboxylic acids is 1. The Morgan fingerprint density at radius 2 is 1.86 bits per heavy atom. The maximum absolute atomic E-state index is 13.0. The number of carbonyl (C=O) groups is 1. The van der Waals surface area contributed by atoms with Gasteiger partial charge in [-0.05, 0) is 23.8 Å². The highest BCUT2D eigenvalue weighted by molar-refractivity contribution is 5.94. The molecule has 0 saturated carbocycles. The molecule has 0 aliphatic carbocycles. The molecule has 142 valence electrons. The van der Waals surface area contributed by atoms with Gasteiger partial charge in [0.15, 0.2) is 0 Å². The molecule has 0 radical (unpaired) electrons. The van der Waals surface area contributed by atoms with Crippen LogP contribution in [0, 0.1) is 5.82 Å². The number of para-hydroxylation sites is 1. The van der Waals surface area contributed by atoms with E-state index in [0.717, 1.165) is 10.8 Å². The van der Waals surface area contributed by atoms with Gasteiger partial charge in [-0.3, -0.25) is 19.3 Å². The van der Waals surface area contributed by atoms with E-state index in [2.05, 4.69) is 9.98 Å². The van der Waals surface area contributed by atoms with Crippen LogP contribution in [0.4, 0.5) is 10.1 Å². The molecule has 0 aliphatic rings. The zero-order chi connectivity index (χ0) is 20.3. The minimum atomic E-state index is -1.45. The molecule has 2 aromatic carbocycles. The van der Waals surface area contributed by atoms with Gasteiger partial charge in [0.1, 0.15) is 11.4 Å². The summed E-state index contributed by atoms with van der Waals surface area (Å²) < 4.78 is 13.9. The fraction of sp³-hybridized carbons (Fsp3) is 0.0526. The summed E-state index contributed by atoms with van der Waals surface area (Å²) in [6, 6.07) is 10.9. The summed E-state index contributed by atoms with van der Waals surface area (Å²) in [7, 11) is 0. The number of aromatic amines is 1. The number of hydrogen-bond acceptors (Lipinski definition) is 6. The molecule has 0 amide bonds. The second-order valence-corrected chi connectivity index (χ2v) is 5.77. The summed E-state index contributed by atoms with van der Waals surface area (Å²) in [5, 5.41) is 21.5. The predicted molar refractivity (Wildman–Crippen MR) is 96.5 cm³/mol. The van der Waals surface area contributed by atoms with Crippen LogP contribution in [-0.4, -0.2) is 26.8 Å². The number of aliphatic imine (C=N–C) groups is 1. The lowest BCUT2D eigenvalue weighted by atomic mass is 10.2. The van der Waals surface area contributed by atoms with Crippen molar-refractivity contribution in [3.05, 3.63) is 91.9 Å². The van der Waals surface area contributed by atoms with Crippen molar-refractivity contribution in [2.24, 2.45) is 4.99 Å². The van der Waals surface area contributed by atoms with E-state index >= 15 is 0 Å². The van der Waals surface area contributed by atoms with Gasteiger partial charge in [-0.2, -0.15) is 0 Å². The summed E-state index contributed by atoms with van der Waals surface area (Å²) in [5.41, 5.74) is -1.77. The molecule has 0 atom stereocenters. The second kappa shape index (κ2) is 7.70. The van der Waals surface area contributed by atoms with Gasteiger partial charge < -0.3 is 15.0 Å². The number of hydrogen-bond donors (Lipinski definition) is 2. The molecule has 0 saturated heterocycles. The van der Waals surface area contributed by atoms with E-state index in [4.69, 9.17) is 0 Å². The maximum Gasteiger partial charge on any atom is 0.331 e. The smallest absolute Gasteiger partial charge is 0.331 e. The van der Waals surface area contributed by atoms with Crippen LogP contribution in [0.1, 0.15) is 21.5 Å². The molecule has 0 bridgehead atoms. The van der Waals surface area contributed by atoms with E-state index in [0.29, 0.717) is 5.56 Å². The lowest BCUT2D eigenvalue weighted by Crippen LogP contribution is -2.32. The van der Waals surface area contributed by atoms with Gasteiger partial charge in [0.2, 0.25) is 5.88 Å². The largest absolute Gasteiger partial charge is 0.545 e. The fourth-order valence-electron chi connectivity index (χ4n) is 2.50. The number of benzene rings is 2. The molecular weight excluding hydrogens is 369 g/mol. The number of rotatable bonds is 5. The fourth-order valence-corrected chi connectivity index (χ4v) is 2.50. The van der Waals surface area contributed by atoms with E-state index in [9.17, 15) is 29.0 Å². The molecule has 8 nitrogen and oxygen atoms in total. The van der Waals surface area contributed by atoms with Crippen LogP contribution in [0.25, 0.3) is 0 Å². The van der Waals surface area contributed by atoms with Crippen molar-refractivity contribution < 1.29 is 19.4 Å². The van der Waals surface area contributed by atoms with E-state index in [1.807, 2.05) is 0 Å². The zero-order valence-corrected chi connectivity index (χ0v) is 14.3. The SMILES string of the molecule is O=C([O-])c1ccccc1N=Cc1c(O)n(Cc2ccc(F)cc2)c(=O)[nH]c1=O. The van der Waals surface area contributed by atoms with Crippen LogP contribution in [0.15, 0.2) is 63.1 Å². The van der Waals surface area contributed by atoms with E-state index in [1.165, 1.54) is 42.5 Å². The van der Waals surface area contributed by atoms with Crippen LogP contribution < -0.4 is 16.4 Å². The van der Waals surface area contributed by atoms with Crippen molar-refractivity contribution >= 4 is 17.9 Å². The summed E-state index contributed by atoms with van der Waals surface area (Å²) in [4.78, 5) is 41.2. The average molecular weight is 382 g/mol. The van der Waals surface area contributed by atoms with Gasteiger partial charge in [0.05, 0.1) is 18.2 Å². The van der Waals surface area contributed by atoms with Crippen molar-refractivity contribution in [3.63, 3.8) is 0 Å². The van der Waals surface area contributed by atoms with E-state index < -0.39 is 28.9 Å². The molecule has 3 rings (SSSR count). The number of aromatic carboxylic acids is 1. The van der Waals surface area contributed by atoms with Crippen LogP contribution in [0.3, 0.4) is 0 Å². The Bertz CT molecular complexity index is 1180. The average Bonchev–Trinajstić information content (AvgIpc) is 2.66. The lowest BCUT2D eigenvalue weighted by molar-refractivity contribution is -0.254. The van der Waals surface area contributed by atoms with Crippen molar-refractivity contribution in [2.45, 2.75) is 6.54 Å². The van der Waals surface area contributed by atoms with Crippen molar-refractivity contribution in [2.75, 3.05) is 0 Å². The van der Waals surface area contributed by atoms with Crippen LogP contribution in [0.2, 0.25) is 0 Å². The van der Waals surface area contributed by atoms with E-state index in [-0.39, 0.29) is 23.4 Å². The monoisotopic (exact) mass is 382 g/mol. The third-order valence-electron chi connectivity index (χ3n) is 3.92. The standard InChI is InChI=1S/C19H14FN3O5/c20-12-7-5-11(6-8-12)10-23-17(25)14(16(24)22-19(23)28)9-21-15-4-2-1-3-13(15)18(26)27/h1-9,25H,10H2,(H,26,27)(H,22,24,28)/p-1. The van der Waals surface area contributed by atoms with Gasteiger partial charge >= 0.3 is 5.69 Å². The summed E-state index contributed by atoms with van der Waals surface area (Å²) in [6.45, 7) is -0.127. The van der Waals surface area contributed by atoms with Gasteiger partial charge in [-0.25, -0.2) is 9.18 Å². The summed E-state index contributed by atoms with van der Waals surface area (Å²) in [6.07, 6.45) is 0.955. The number of carboxylic acid groups (broad SMARTS) is 1. The summed E-state index contributed by atoms with van der Waals surface area (Å²) in [5.74, 6) is -2.57. The first kappa shape index (κ1) is 18.8. The number of carboxylic acids is 1. The molecular formula is C19H13FN3O5-. The molecule has 1 aromatic heterocycles. The third-order valence-corrected chi connectivity index (χ3v) is 3.92. The highest BCUT2D eigenvalue weighted by Crippen LogP contribution is 2.19. The van der Waals surface area contributed by atoms with Crippen molar-refractivity contribution in [1.82, 2.24) is 9.55 Å². The van der Waals surface area contributed by atoms with Gasteiger partial charge in [0.25, 0.3) is 5.56 Å². The maximum atomic E-state index is 13.0. The highest BCUT2D eigenvalue weighted by Gasteiger charge is 2.13. The molecule has 9 heteroatoms. The minimum absolute atomic E-state index is 0.0117. The predicted octanol–water partition coefficient (Wildman–Crippen LogP) is 0.544. The van der Waals surface area contributed by atoms with E-state index in [1.54, 1.807) is 6.07 Å². The molecule has 3 aromatic rings. The summed E-state index contributed by atoms with van der Waals surface area (Å²) >= 11 is 0. The first-order valence-corrected chi connectivity index (χ1v) is 8.02. The highest BCUT2D eigenvalue weighted by atomic mass is 19.1. The normalized spacial score (nSPS) is 11.0. The quantitative estimate of drug-likeness (QED) is 0.623. The topological polar surface area (TPSA) is 128 Å². The number of aromatic nitrogens is 2. The van der Waals surface area contributed by atoms with Crippen LogP contribution in [0.5, 0.6) is 5.88 Å². The number of nitrogens with zero attached hydrogens (tertiary/aromatic N) is 2. The van der Waals surface area contributed by atoms with Crippen LogP contribution >= 0.6 is 0 Å². The van der Waals surface area contributed by atoms with Crippen LogP contribution in [-0.2, 0) is 6.54 Å². The zero-order valence-electron chi connectivity index (χ0n) is 14.3. The first-order chi connectivity index (χ1) is 13.4. The minimum Gasteiger partial charge on any atom is -0.545 e. The Hall–Kier alpha value is -4.01. The van der Waals surface area contributed by atoms with Crippen molar-refractivity contribution in [3.8, 4) is 5.88 Å². The lowest BCUT2D eigenvalue weighted by Gasteiger charge is -2.10. The Labute approximate surface area is 156 Å². The van der Waals surface area contributed by atoms with Gasteiger partial charge in [-0.1, -0.05) is 30.3 Å². The Kier molecular flexibility index (Phi) is 5.16. The molecule has 28 heavy (non-hydrogen) atoms. The molecule has 0 aliphatic heterocycles. The number of H-pyrrole nitrogens is 1. The Morgan fingerprint density at radius 1 is 1.18 bits per heavy atom. The first-order valence-electron chi connectivity index (χ1n) is 8.02. The second-order valence-electron chi connectivity index (χ2n) is 5.77.